The average Bonchev–Trinajstić information content (AvgIpc) is 2.14. The van der Waals surface area contributed by atoms with Crippen LogP contribution < -0.4 is 0 Å². The van der Waals surface area contributed by atoms with E-state index in [2.05, 4.69) is 30.9 Å². The lowest BCUT2D eigenvalue weighted by atomic mass is 10.2. The van der Waals surface area contributed by atoms with Crippen LogP contribution in [-0.2, 0) is 29.1 Å². The van der Waals surface area contributed by atoms with Gasteiger partial charge < -0.3 is 9.47 Å². The highest BCUT2D eigenvalue weighted by Crippen LogP contribution is 2.08. The van der Waals surface area contributed by atoms with E-state index in [9.17, 15) is 9.59 Å². The van der Waals surface area contributed by atoms with E-state index in [0.717, 1.165) is 0 Å². The highest BCUT2D eigenvalue weighted by atomic mass is 17.5. The van der Waals surface area contributed by atoms with Crippen molar-refractivity contribution in [3.8, 4) is 0 Å². The maximum absolute atomic E-state index is 11.1. The summed E-state index contributed by atoms with van der Waals surface area (Å²) in [7, 11) is 0. The Balaban J connectivity index is 3.88. The second-order valence-electron chi connectivity index (χ2n) is 4.47. The minimum atomic E-state index is -1.19. The smallest absolute Gasteiger partial charge is 0.422 e. The summed E-state index contributed by atoms with van der Waals surface area (Å²) < 4.78 is 9.21. The second kappa shape index (κ2) is 6.97. The minimum absolute atomic E-state index is 0.186. The molecule has 7 nitrogen and oxygen atoms in total. The Morgan fingerprint density at radius 3 is 2.17 bits per heavy atom. The van der Waals surface area contributed by atoms with E-state index in [1.165, 1.54) is 13.8 Å². The Morgan fingerprint density at radius 2 is 1.72 bits per heavy atom. The third kappa shape index (κ3) is 8.54. The van der Waals surface area contributed by atoms with Gasteiger partial charge in [0, 0.05) is 12.5 Å². The molecule has 104 valence electrons. The van der Waals surface area contributed by atoms with Gasteiger partial charge in [0.05, 0.1) is 5.60 Å². The summed E-state index contributed by atoms with van der Waals surface area (Å²) >= 11 is 0. The molecule has 0 fully saturated rings. The zero-order valence-electron chi connectivity index (χ0n) is 11.1. The molecule has 0 radical (unpaired) electrons. The lowest BCUT2D eigenvalue weighted by Gasteiger charge is -2.16. The van der Waals surface area contributed by atoms with Crippen LogP contribution >= 0.6 is 0 Å². The minimum Gasteiger partial charge on any atom is -0.422 e. The lowest BCUT2D eigenvalue weighted by Crippen LogP contribution is -2.24. The van der Waals surface area contributed by atoms with Crippen molar-refractivity contribution in [2.24, 2.45) is 0 Å². The van der Waals surface area contributed by atoms with Gasteiger partial charge in [-0.2, -0.15) is 4.89 Å². The number of esters is 1. The number of ether oxygens (including phenoxy) is 2. The Kier molecular flexibility index (Phi) is 6.35. The van der Waals surface area contributed by atoms with Gasteiger partial charge in [0.25, 0.3) is 0 Å². The Labute approximate surface area is 105 Å². The van der Waals surface area contributed by atoms with Crippen LogP contribution in [0.1, 0.15) is 34.6 Å². The van der Waals surface area contributed by atoms with Crippen molar-refractivity contribution in [1.82, 2.24) is 0 Å². The molecule has 7 heteroatoms. The van der Waals surface area contributed by atoms with Crippen LogP contribution in [0.5, 0.6) is 0 Å². The summed E-state index contributed by atoms with van der Waals surface area (Å²) in [4.78, 5) is 30.9. The summed E-state index contributed by atoms with van der Waals surface area (Å²) in [6.45, 7) is 11.3. The van der Waals surface area contributed by atoms with Gasteiger partial charge in [-0.05, 0) is 32.7 Å². The lowest BCUT2D eigenvalue weighted by molar-refractivity contribution is -0.515. The fourth-order valence-corrected chi connectivity index (χ4v) is 0.577. The van der Waals surface area contributed by atoms with Crippen LogP contribution in [0.3, 0.4) is 0 Å². The molecule has 0 aromatic heterocycles. The summed E-state index contributed by atoms with van der Waals surface area (Å²) in [6.07, 6.45) is -2.32. The highest BCUT2D eigenvalue weighted by molar-refractivity contribution is 5.87. The quantitative estimate of drug-likeness (QED) is 0.247. The molecular weight excluding hydrogens is 244 g/mol. The van der Waals surface area contributed by atoms with Crippen LogP contribution in [0.15, 0.2) is 12.2 Å². The van der Waals surface area contributed by atoms with E-state index in [1.807, 2.05) is 0 Å². The Morgan fingerprint density at radius 1 is 1.17 bits per heavy atom. The van der Waals surface area contributed by atoms with Gasteiger partial charge in [-0.25, -0.2) is 14.5 Å². The first-order chi connectivity index (χ1) is 8.11. The molecule has 0 heterocycles. The first-order valence-electron chi connectivity index (χ1n) is 5.21. The van der Waals surface area contributed by atoms with Gasteiger partial charge in [0.15, 0.2) is 0 Å². The maximum Gasteiger partial charge on any atom is 0.545 e. The highest BCUT2D eigenvalue weighted by Gasteiger charge is 2.18. The fourth-order valence-electron chi connectivity index (χ4n) is 0.577. The molecule has 0 aromatic rings. The molecule has 0 amide bonds. The standard InChI is InChI=1S/C11H18O7/c1-7(2)9(12)14-8(3)15-10(13)16-18-17-11(4,5)6/h8H,1H2,2-6H3. The van der Waals surface area contributed by atoms with E-state index in [1.54, 1.807) is 20.8 Å². The molecule has 0 aromatic carbocycles. The van der Waals surface area contributed by atoms with Crippen LogP contribution in [0.2, 0.25) is 0 Å². The van der Waals surface area contributed by atoms with Crippen LogP contribution in [0.4, 0.5) is 4.79 Å². The molecule has 18 heavy (non-hydrogen) atoms. The number of carbonyl (C=O) groups excluding carboxylic acids is 2. The molecule has 1 unspecified atom stereocenters. The van der Waals surface area contributed by atoms with Gasteiger partial charge in [-0.3, -0.25) is 0 Å². The molecule has 0 N–H and O–H groups in total. The molecule has 0 rings (SSSR count). The van der Waals surface area contributed by atoms with E-state index in [-0.39, 0.29) is 5.57 Å². The van der Waals surface area contributed by atoms with E-state index < -0.39 is 24.0 Å². The predicted molar refractivity (Wildman–Crippen MR) is 59.9 cm³/mol. The second-order valence-corrected chi connectivity index (χ2v) is 4.47. The summed E-state index contributed by atoms with van der Waals surface area (Å²) in [6, 6.07) is 0. The van der Waals surface area contributed by atoms with Crippen molar-refractivity contribution in [3.63, 3.8) is 0 Å². The van der Waals surface area contributed by atoms with E-state index in [0.29, 0.717) is 0 Å². The normalized spacial score (nSPS) is 12.5. The molecular formula is C11H18O7. The van der Waals surface area contributed by atoms with Gasteiger partial charge in [-0.15, -0.1) is 0 Å². The Bertz CT molecular complexity index is 316. The van der Waals surface area contributed by atoms with E-state index in [4.69, 9.17) is 0 Å². The molecule has 1 atom stereocenters. The monoisotopic (exact) mass is 262 g/mol. The molecule has 0 spiro atoms. The number of carbonyl (C=O) groups is 2. The molecule has 0 saturated carbocycles. The van der Waals surface area contributed by atoms with Gasteiger partial charge >= 0.3 is 12.1 Å². The largest absolute Gasteiger partial charge is 0.545 e. The zero-order valence-corrected chi connectivity index (χ0v) is 11.1. The molecule has 0 aliphatic rings. The van der Waals surface area contributed by atoms with Crippen molar-refractivity contribution in [2.45, 2.75) is 46.5 Å². The first kappa shape index (κ1) is 16.4. The molecule has 0 aliphatic carbocycles. The summed E-state index contributed by atoms with van der Waals surface area (Å²) in [5.41, 5.74) is -0.454. The number of hydrogen-bond donors (Lipinski definition) is 0. The maximum atomic E-state index is 11.1. The van der Waals surface area contributed by atoms with E-state index >= 15 is 0 Å². The molecule has 0 saturated heterocycles. The van der Waals surface area contributed by atoms with Crippen molar-refractivity contribution in [3.05, 3.63) is 12.2 Å². The number of hydrogen-bond acceptors (Lipinski definition) is 7. The van der Waals surface area contributed by atoms with Crippen molar-refractivity contribution < 1.29 is 33.9 Å². The van der Waals surface area contributed by atoms with Crippen LogP contribution in [0.25, 0.3) is 0 Å². The third-order valence-corrected chi connectivity index (χ3v) is 1.27. The zero-order chi connectivity index (χ0) is 14.3. The third-order valence-electron chi connectivity index (χ3n) is 1.27. The average molecular weight is 262 g/mol. The molecule has 0 aliphatic heterocycles. The SMILES string of the molecule is C=C(C)C(=O)OC(C)OC(=O)OOOC(C)(C)C. The summed E-state index contributed by atoms with van der Waals surface area (Å²) in [5, 5.41) is 4.18. The molecule has 0 bridgehead atoms. The van der Waals surface area contributed by atoms with Crippen molar-refractivity contribution in [1.29, 1.82) is 0 Å². The van der Waals surface area contributed by atoms with Crippen molar-refractivity contribution >= 4 is 12.1 Å². The van der Waals surface area contributed by atoms with Gasteiger partial charge in [-0.1, -0.05) is 6.58 Å². The predicted octanol–water partition coefficient (Wildman–Crippen LogP) is 2.27. The summed E-state index contributed by atoms with van der Waals surface area (Å²) in [5.74, 6) is -0.679. The van der Waals surface area contributed by atoms with Gasteiger partial charge in [0.1, 0.15) is 0 Å². The van der Waals surface area contributed by atoms with Crippen LogP contribution in [-0.4, -0.2) is 24.0 Å². The van der Waals surface area contributed by atoms with Crippen LogP contribution in [0, 0.1) is 0 Å². The fraction of sp³-hybridized carbons (Fsp3) is 0.636. The topological polar surface area (TPSA) is 80.3 Å². The Hall–Kier alpha value is -1.60. The first-order valence-corrected chi connectivity index (χ1v) is 5.21. The van der Waals surface area contributed by atoms with Gasteiger partial charge in [0.2, 0.25) is 6.29 Å². The van der Waals surface area contributed by atoms with Crippen molar-refractivity contribution in [2.75, 3.05) is 0 Å². The number of rotatable bonds is 5.